The Bertz CT molecular complexity index is 432. The van der Waals surface area contributed by atoms with E-state index in [2.05, 4.69) is 13.8 Å². The van der Waals surface area contributed by atoms with Gasteiger partial charge in [0, 0.05) is 27.1 Å². The van der Waals surface area contributed by atoms with Crippen molar-refractivity contribution in [3.8, 4) is 0 Å². The van der Waals surface area contributed by atoms with Crippen molar-refractivity contribution < 1.29 is 33.2 Å². The second-order valence-corrected chi connectivity index (χ2v) is 6.58. The van der Waals surface area contributed by atoms with E-state index in [1.165, 1.54) is 0 Å². The molecule has 2 unspecified atom stereocenters. The second-order valence-electron chi connectivity index (χ2n) is 6.58. The molecule has 0 rings (SSSR count). The first-order valence-electron chi connectivity index (χ1n) is 10.4. The number of rotatable bonds is 18. The fraction of sp³-hybridized carbons (Fsp3) is 0.818. The van der Waals surface area contributed by atoms with E-state index in [9.17, 15) is 0 Å². The van der Waals surface area contributed by atoms with Crippen molar-refractivity contribution in [2.75, 3.05) is 42.7 Å². The molecule has 0 N–H and O–H groups in total. The first kappa shape index (κ1) is 27.6. The minimum Gasteiger partial charge on any atom is -0.497 e. The quantitative estimate of drug-likeness (QED) is 0.174. The molecule has 7 nitrogen and oxygen atoms in total. The third kappa shape index (κ3) is 9.74. The van der Waals surface area contributed by atoms with Crippen LogP contribution in [-0.2, 0) is 33.2 Å². The Labute approximate surface area is 177 Å². The maximum absolute atomic E-state index is 6.06. The minimum absolute atomic E-state index is 0.480. The summed E-state index contributed by atoms with van der Waals surface area (Å²) in [7, 11) is 9.48. The SMILES string of the molecule is CCCCCC(OC)=C(OC)C(OC)OC(OC)C(OC)=C(CCCCC)OC. The summed E-state index contributed by atoms with van der Waals surface area (Å²) in [4.78, 5) is 0. The topological polar surface area (TPSA) is 64.6 Å². The van der Waals surface area contributed by atoms with E-state index >= 15 is 0 Å². The van der Waals surface area contributed by atoms with Gasteiger partial charge in [-0.1, -0.05) is 39.5 Å². The van der Waals surface area contributed by atoms with Crippen LogP contribution in [0.5, 0.6) is 0 Å². The van der Waals surface area contributed by atoms with E-state index in [4.69, 9.17) is 33.2 Å². The number of ether oxygens (including phenoxy) is 7. The van der Waals surface area contributed by atoms with Crippen molar-refractivity contribution in [3.05, 3.63) is 23.0 Å². The van der Waals surface area contributed by atoms with Gasteiger partial charge in [0.05, 0.1) is 28.4 Å². The Balaban J connectivity index is 5.63. The van der Waals surface area contributed by atoms with Gasteiger partial charge in [-0.3, -0.25) is 0 Å². The van der Waals surface area contributed by atoms with Crippen molar-refractivity contribution in [1.82, 2.24) is 0 Å². The van der Waals surface area contributed by atoms with Gasteiger partial charge in [0.1, 0.15) is 11.5 Å². The molecule has 29 heavy (non-hydrogen) atoms. The minimum atomic E-state index is -0.819. The van der Waals surface area contributed by atoms with Crippen LogP contribution in [0.1, 0.15) is 65.2 Å². The Morgan fingerprint density at radius 1 is 0.552 bits per heavy atom. The Hall–Kier alpha value is -1.44. The predicted octanol–water partition coefficient (Wildman–Crippen LogP) is 5.12. The maximum Gasteiger partial charge on any atom is 0.222 e. The zero-order valence-corrected chi connectivity index (χ0v) is 19.7. The van der Waals surface area contributed by atoms with Gasteiger partial charge in [0.15, 0.2) is 11.5 Å². The molecule has 0 bridgehead atoms. The molecule has 172 valence electrons. The van der Waals surface area contributed by atoms with Crippen LogP contribution in [0.2, 0.25) is 0 Å². The lowest BCUT2D eigenvalue weighted by Gasteiger charge is -2.27. The number of hydrogen-bond acceptors (Lipinski definition) is 7. The van der Waals surface area contributed by atoms with Crippen LogP contribution >= 0.6 is 0 Å². The van der Waals surface area contributed by atoms with E-state index in [0.29, 0.717) is 23.0 Å². The fourth-order valence-electron chi connectivity index (χ4n) is 2.97. The molecule has 2 atom stereocenters. The molecule has 0 aliphatic heterocycles. The third-order valence-corrected chi connectivity index (χ3v) is 4.60. The molecule has 0 saturated carbocycles. The van der Waals surface area contributed by atoms with E-state index in [0.717, 1.165) is 51.4 Å². The van der Waals surface area contributed by atoms with Crippen LogP contribution in [0.4, 0.5) is 0 Å². The summed E-state index contributed by atoms with van der Waals surface area (Å²) in [5, 5.41) is 0. The number of unbranched alkanes of at least 4 members (excludes halogenated alkanes) is 4. The summed E-state index contributed by atoms with van der Waals surface area (Å²) in [6, 6.07) is 0. The first-order valence-corrected chi connectivity index (χ1v) is 10.4. The van der Waals surface area contributed by atoms with Crippen LogP contribution in [0.25, 0.3) is 0 Å². The number of allylic oxidation sites excluding steroid dienone is 2. The predicted molar refractivity (Wildman–Crippen MR) is 113 cm³/mol. The van der Waals surface area contributed by atoms with Crippen LogP contribution in [0, 0.1) is 0 Å². The van der Waals surface area contributed by atoms with E-state index in [1.807, 2.05) is 0 Å². The highest BCUT2D eigenvalue weighted by Gasteiger charge is 2.29. The van der Waals surface area contributed by atoms with Crippen LogP contribution < -0.4 is 0 Å². The smallest absolute Gasteiger partial charge is 0.222 e. The maximum atomic E-state index is 6.06. The average molecular weight is 419 g/mol. The summed E-state index contributed by atoms with van der Waals surface area (Å²) < 4.78 is 39.4. The molecule has 0 aromatic carbocycles. The van der Waals surface area contributed by atoms with Gasteiger partial charge < -0.3 is 33.2 Å². The van der Waals surface area contributed by atoms with Crippen LogP contribution in [0.15, 0.2) is 23.0 Å². The van der Waals surface area contributed by atoms with Crippen molar-refractivity contribution in [3.63, 3.8) is 0 Å². The molecule has 0 spiro atoms. The monoisotopic (exact) mass is 418 g/mol. The molecule has 0 aliphatic rings. The van der Waals surface area contributed by atoms with Gasteiger partial charge in [-0.25, -0.2) is 0 Å². The Morgan fingerprint density at radius 3 is 1.17 bits per heavy atom. The summed E-state index contributed by atoms with van der Waals surface area (Å²) in [5.74, 6) is 2.35. The summed E-state index contributed by atoms with van der Waals surface area (Å²) in [6.45, 7) is 4.31. The average Bonchev–Trinajstić information content (AvgIpc) is 2.75. The summed E-state index contributed by atoms with van der Waals surface area (Å²) in [5.41, 5.74) is 0. The van der Waals surface area contributed by atoms with E-state index in [1.54, 1.807) is 42.7 Å². The van der Waals surface area contributed by atoms with Crippen molar-refractivity contribution >= 4 is 0 Å². The van der Waals surface area contributed by atoms with Crippen LogP contribution in [-0.4, -0.2) is 55.2 Å². The van der Waals surface area contributed by atoms with Gasteiger partial charge in [-0.05, 0) is 12.8 Å². The van der Waals surface area contributed by atoms with Crippen LogP contribution in [0.3, 0.4) is 0 Å². The Kier molecular flexibility index (Phi) is 16.6. The van der Waals surface area contributed by atoms with Gasteiger partial charge in [0.2, 0.25) is 12.6 Å². The normalized spacial score (nSPS) is 15.2. The van der Waals surface area contributed by atoms with Gasteiger partial charge in [-0.15, -0.1) is 0 Å². The molecule has 0 aromatic heterocycles. The van der Waals surface area contributed by atoms with Gasteiger partial charge in [0.25, 0.3) is 0 Å². The largest absolute Gasteiger partial charge is 0.497 e. The zero-order chi connectivity index (χ0) is 22.1. The lowest BCUT2D eigenvalue weighted by molar-refractivity contribution is -0.223. The number of hydrogen-bond donors (Lipinski definition) is 0. The summed E-state index contributed by atoms with van der Waals surface area (Å²) >= 11 is 0. The number of methoxy groups -OCH3 is 6. The fourth-order valence-corrected chi connectivity index (χ4v) is 2.97. The lowest BCUT2D eigenvalue weighted by Crippen LogP contribution is -2.31. The van der Waals surface area contributed by atoms with Gasteiger partial charge in [-0.2, -0.15) is 0 Å². The van der Waals surface area contributed by atoms with E-state index < -0.39 is 12.6 Å². The molecule has 0 aliphatic carbocycles. The third-order valence-electron chi connectivity index (χ3n) is 4.60. The molecule has 0 amide bonds. The van der Waals surface area contributed by atoms with Crippen molar-refractivity contribution in [1.29, 1.82) is 0 Å². The highest BCUT2D eigenvalue weighted by molar-refractivity contribution is 5.08. The molecule has 0 radical (unpaired) electrons. The van der Waals surface area contributed by atoms with Gasteiger partial charge >= 0.3 is 0 Å². The standard InChI is InChI=1S/C22H42O7/c1-9-11-13-15-17(23-3)19(25-5)21(27-7)29-22(28-8)20(26-6)18(24-4)16-14-12-10-2/h21-22H,9-16H2,1-8H3. The molecule has 0 saturated heterocycles. The molecule has 0 heterocycles. The molecule has 7 heteroatoms. The molecular weight excluding hydrogens is 376 g/mol. The summed E-state index contributed by atoms with van der Waals surface area (Å²) in [6.07, 6.45) is 6.27. The molecular formula is C22H42O7. The van der Waals surface area contributed by atoms with E-state index in [-0.39, 0.29) is 0 Å². The van der Waals surface area contributed by atoms with Crippen molar-refractivity contribution in [2.45, 2.75) is 77.8 Å². The molecule has 0 aromatic rings. The highest BCUT2D eigenvalue weighted by atomic mass is 16.8. The Morgan fingerprint density at radius 2 is 0.931 bits per heavy atom. The zero-order valence-electron chi connectivity index (χ0n) is 19.7. The first-order chi connectivity index (χ1) is 14.1. The lowest BCUT2D eigenvalue weighted by atomic mass is 10.1. The second kappa shape index (κ2) is 17.4. The van der Waals surface area contributed by atoms with Crippen molar-refractivity contribution in [2.24, 2.45) is 0 Å². The highest BCUT2D eigenvalue weighted by Crippen LogP contribution is 2.26. The molecule has 0 fully saturated rings.